The van der Waals surface area contributed by atoms with Gasteiger partial charge in [-0.05, 0) is 44.5 Å². The molecule has 2 rings (SSSR count). The van der Waals surface area contributed by atoms with Crippen LogP contribution in [0.1, 0.15) is 36.4 Å². The third-order valence-electron chi connectivity index (χ3n) is 3.44. The molecule has 96 valence electrons. The van der Waals surface area contributed by atoms with Crippen molar-refractivity contribution < 1.29 is 0 Å². The largest absolute Gasteiger partial charge is 0.313 e. The Morgan fingerprint density at radius 2 is 2.18 bits per heavy atom. The Bertz CT molecular complexity index is 333. The van der Waals surface area contributed by atoms with Gasteiger partial charge in [-0.25, -0.2) is 0 Å². The first-order valence-electron chi connectivity index (χ1n) is 6.85. The van der Waals surface area contributed by atoms with E-state index >= 15 is 0 Å². The topological polar surface area (TPSA) is 15.3 Å². The van der Waals surface area contributed by atoms with E-state index in [4.69, 9.17) is 0 Å². The monoisotopic (exact) mass is 252 g/mol. The molecule has 0 radical (unpaired) electrons. The van der Waals surface area contributed by atoms with E-state index in [0.29, 0.717) is 6.04 Å². The van der Waals surface area contributed by atoms with Gasteiger partial charge in [-0.3, -0.25) is 4.90 Å². The highest BCUT2D eigenvalue weighted by Crippen LogP contribution is 2.20. The van der Waals surface area contributed by atoms with Crippen molar-refractivity contribution in [3.8, 4) is 0 Å². The van der Waals surface area contributed by atoms with Crippen LogP contribution in [0.15, 0.2) is 12.1 Å². The molecule has 1 saturated heterocycles. The van der Waals surface area contributed by atoms with Crippen molar-refractivity contribution in [2.24, 2.45) is 0 Å². The van der Waals surface area contributed by atoms with Crippen LogP contribution < -0.4 is 5.32 Å². The predicted molar refractivity (Wildman–Crippen MR) is 75.7 cm³/mol. The zero-order valence-electron chi connectivity index (χ0n) is 11.0. The lowest BCUT2D eigenvalue weighted by atomic mass is 10.1. The molecule has 2 heterocycles. The van der Waals surface area contributed by atoms with Gasteiger partial charge in [-0.15, -0.1) is 11.3 Å². The number of rotatable bonds is 5. The number of likely N-dealkylation sites (tertiary alicyclic amines) is 1. The predicted octanol–water partition coefficient (Wildman–Crippen LogP) is 2.88. The van der Waals surface area contributed by atoms with Crippen LogP contribution in [0.3, 0.4) is 0 Å². The molecule has 1 unspecified atom stereocenters. The van der Waals surface area contributed by atoms with E-state index in [1.165, 1.54) is 42.1 Å². The molecule has 0 aromatic carbocycles. The third kappa shape index (κ3) is 3.80. The average Bonchev–Trinajstić information content (AvgIpc) is 2.78. The first kappa shape index (κ1) is 13.1. The van der Waals surface area contributed by atoms with Crippen molar-refractivity contribution in [1.82, 2.24) is 10.2 Å². The fourth-order valence-electron chi connectivity index (χ4n) is 2.57. The highest BCUT2D eigenvalue weighted by atomic mass is 32.1. The van der Waals surface area contributed by atoms with Crippen LogP contribution in [0.2, 0.25) is 0 Å². The van der Waals surface area contributed by atoms with Gasteiger partial charge in [-0.1, -0.05) is 13.8 Å². The zero-order chi connectivity index (χ0) is 12.1. The quantitative estimate of drug-likeness (QED) is 0.867. The SMILES string of the molecule is CCNC1CCCN(Cc2ccc(CC)s2)C1. The maximum atomic E-state index is 3.58. The van der Waals surface area contributed by atoms with Crippen molar-refractivity contribution in [1.29, 1.82) is 0 Å². The molecule has 0 saturated carbocycles. The molecule has 0 amide bonds. The lowest BCUT2D eigenvalue weighted by Crippen LogP contribution is -2.45. The molecule has 0 bridgehead atoms. The molecule has 1 aromatic rings. The molecule has 2 nitrogen and oxygen atoms in total. The second-order valence-electron chi connectivity index (χ2n) is 4.85. The molecule has 3 heteroatoms. The summed E-state index contributed by atoms with van der Waals surface area (Å²) in [5, 5.41) is 3.58. The highest BCUT2D eigenvalue weighted by molar-refractivity contribution is 7.11. The van der Waals surface area contributed by atoms with Gasteiger partial charge < -0.3 is 5.32 Å². The normalized spacial score (nSPS) is 21.9. The number of hydrogen-bond acceptors (Lipinski definition) is 3. The summed E-state index contributed by atoms with van der Waals surface area (Å²) in [5.74, 6) is 0. The van der Waals surface area contributed by atoms with Crippen LogP contribution in [0.4, 0.5) is 0 Å². The Kier molecular flexibility index (Phi) is 5.01. The number of hydrogen-bond donors (Lipinski definition) is 1. The Morgan fingerprint density at radius 3 is 2.88 bits per heavy atom. The summed E-state index contributed by atoms with van der Waals surface area (Å²) in [5.41, 5.74) is 0. The lowest BCUT2D eigenvalue weighted by Gasteiger charge is -2.32. The Morgan fingerprint density at radius 1 is 1.35 bits per heavy atom. The van der Waals surface area contributed by atoms with Gasteiger partial charge >= 0.3 is 0 Å². The number of thiophene rings is 1. The standard InChI is InChI=1S/C14H24N2S/c1-3-13-7-8-14(17-13)11-16-9-5-6-12(10-16)15-4-2/h7-8,12,15H,3-6,9-11H2,1-2H3. The first-order valence-corrected chi connectivity index (χ1v) is 7.66. The summed E-state index contributed by atoms with van der Waals surface area (Å²) < 4.78 is 0. The maximum Gasteiger partial charge on any atom is 0.0328 e. The van der Waals surface area contributed by atoms with E-state index in [2.05, 4.69) is 36.2 Å². The molecule has 1 aliphatic heterocycles. The summed E-state index contributed by atoms with van der Waals surface area (Å²) >= 11 is 1.98. The fraction of sp³-hybridized carbons (Fsp3) is 0.714. The maximum absolute atomic E-state index is 3.58. The van der Waals surface area contributed by atoms with Crippen LogP contribution in [0.5, 0.6) is 0 Å². The van der Waals surface area contributed by atoms with Gasteiger partial charge in [-0.2, -0.15) is 0 Å². The van der Waals surface area contributed by atoms with Crippen LogP contribution >= 0.6 is 11.3 Å². The van der Waals surface area contributed by atoms with E-state index in [1.807, 2.05) is 11.3 Å². The van der Waals surface area contributed by atoms with E-state index in [9.17, 15) is 0 Å². The molecule has 0 spiro atoms. The average molecular weight is 252 g/mol. The zero-order valence-corrected chi connectivity index (χ0v) is 11.9. The summed E-state index contributed by atoms with van der Waals surface area (Å²) in [6, 6.07) is 5.30. The van der Waals surface area contributed by atoms with E-state index in [0.717, 1.165) is 13.1 Å². The van der Waals surface area contributed by atoms with Crippen molar-refractivity contribution in [3.05, 3.63) is 21.9 Å². The minimum Gasteiger partial charge on any atom is -0.313 e. The van der Waals surface area contributed by atoms with E-state index < -0.39 is 0 Å². The summed E-state index contributed by atoms with van der Waals surface area (Å²) in [6.07, 6.45) is 3.85. The van der Waals surface area contributed by atoms with Crippen LogP contribution in [0.25, 0.3) is 0 Å². The second-order valence-corrected chi connectivity index (χ2v) is 6.11. The van der Waals surface area contributed by atoms with Crippen LogP contribution in [-0.4, -0.2) is 30.6 Å². The van der Waals surface area contributed by atoms with Gasteiger partial charge in [0, 0.05) is 28.9 Å². The van der Waals surface area contributed by atoms with Gasteiger partial charge in [0.1, 0.15) is 0 Å². The molecule has 17 heavy (non-hydrogen) atoms. The molecule has 1 fully saturated rings. The molecule has 1 N–H and O–H groups in total. The van der Waals surface area contributed by atoms with Crippen LogP contribution in [-0.2, 0) is 13.0 Å². The summed E-state index contributed by atoms with van der Waals surface area (Å²) in [7, 11) is 0. The fourth-order valence-corrected chi connectivity index (χ4v) is 3.57. The van der Waals surface area contributed by atoms with E-state index in [1.54, 1.807) is 0 Å². The number of likely N-dealkylation sites (N-methyl/N-ethyl adjacent to an activating group) is 1. The number of piperidine rings is 1. The van der Waals surface area contributed by atoms with Crippen LogP contribution in [0, 0.1) is 0 Å². The van der Waals surface area contributed by atoms with Gasteiger partial charge in [0.15, 0.2) is 0 Å². The van der Waals surface area contributed by atoms with Crippen molar-refractivity contribution in [2.45, 2.75) is 45.7 Å². The first-order chi connectivity index (χ1) is 8.31. The minimum absolute atomic E-state index is 0.708. The van der Waals surface area contributed by atoms with Crippen molar-refractivity contribution in [3.63, 3.8) is 0 Å². The van der Waals surface area contributed by atoms with Gasteiger partial charge in [0.25, 0.3) is 0 Å². The molecular formula is C14H24N2S. The number of nitrogens with zero attached hydrogens (tertiary/aromatic N) is 1. The molecule has 1 aromatic heterocycles. The lowest BCUT2D eigenvalue weighted by molar-refractivity contribution is 0.186. The Balaban J connectivity index is 1.85. The number of nitrogens with one attached hydrogen (secondary N) is 1. The van der Waals surface area contributed by atoms with E-state index in [-0.39, 0.29) is 0 Å². The third-order valence-corrected chi connectivity index (χ3v) is 4.66. The van der Waals surface area contributed by atoms with Gasteiger partial charge in [0.2, 0.25) is 0 Å². The molecule has 1 aliphatic rings. The molecular weight excluding hydrogens is 228 g/mol. The number of aryl methyl sites for hydroxylation is 1. The Labute approximate surface area is 109 Å². The Hall–Kier alpha value is -0.380. The highest BCUT2D eigenvalue weighted by Gasteiger charge is 2.19. The van der Waals surface area contributed by atoms with Gasteiger partial charge in [0.05, 0.1) is 0 Å². The minimum atomic E-state index is 0.708. The van der Waals surface area contributed by atoms with Crippen molar-refractivity contribution in [2.75, 3.05) is 19.6 Å². The second kappa shape index (κ2) is 6.53. The molecule has 1 atom stereocenters. The summed E-state index contributed by atoms with van der Waals surface area (Å²) in [6.45, 7) is 9.15. The van der Waals surface area contributed by atoms with Crippen molar-refractivity contribution >= 4 is 11.3 Å². The smallest absolute Gasteiger partial charge is 0.0328 e. The molecule has 0 aliphatic carbocycles. The summed E-state index contributed by atoms with van der Waals surface area (Å²) in [4.78, 5) is 5.64.